The minimum Gasteiger partial charge on any atom is -0.497 e. The van der Waals surface area contributed by atoms with Crippen molar-refractivity contribution in [2.24, 2.45) is 4.99 Å². The topological polar surface area (TPSA) is 34.5 Å². The first-order valence-electron chi connectivity index (χ1n) is 9.52. The Kier molecular flexibility index (Phi) is 7.04. The molecule has 0 amide bonds. The van der Waals surface area contributed by atoms with Crippen molar-refractivity contribution in [3.63, 3.8) is 0 Å². The van der Waals surface area contributed by atoms with Gasteiger partial charge in [0, 0.05) is 11.1 Å². The summed E-state index contributed by atoms with van der Waals surface area (Å²) in [5.74, 6) is 0.869. The SMILES string of the molecule is COc1ccc(C=Nc2nc3c(s2)CCCCCCCCCC3)cc1. The van der Waals surface area contributed by atoms with Crippen molar-refractivity contribution < 1.29 is 4.74 Å². The molecule has 3 rings (SSSR count). The van der Waals surface area contributed by atoms with Gasteiger partial charge in [-0.25, -0.2) is 9.98 Å². The molecule has 0 radical (unpaired) electrons. The molecule has 0 atom stereocenters. The second-order valence-corrected chi connectivity index (χ2v) is 7.79. The maximum atomic E-state index is 5.19. The molecular weight excluding hydrogens is 328 g/mol. The van der Waals surface area contributed by atoms with E-state index in [-0.39, 0.29) is 0 Å². The minimum atomic E-state index is 0.869. The number of rotatable bonds is 3. The number of hydrogen-bond acceptors (Lipinski definition) is 4. The van der Waals surface area contributed by atoms with Gasteiger partial charge in [-0.05, 0) is 55.5 Å². The third-order valence-corrected chi connectivity index (χ3v) is 5.84. The fourth-order valence-corrected chi connectivity index (χ4v) is 4.27. The van der Waals surface area contributed by atoms with Crippen LogP contribution < -0.4 is 4.74 Å². The minimum absolute atomic E-state index is 0.869. The quantitative estimate of drug-likeness (QED) is 0.621. The van der Waals surface area contributed by atoms with E-state index >= 15 is 0 Å². The zero-order valence-electron chi connectivity index (χ0n) is 15.2. The molecule has 0 spiro atoms. The lowest BCUT2D eigenvalue weighted by Gasteiger charge is -2.06. The number of hydrogen-bond donors (Lipinski definition) is 0. The molecule has 134 valence electrons. The van der Waals surface area contributed by atoms with E-state index in [1.165, 1.54) is 68.4 Å². The van der Waals surface area contributed by atoms with Gasteiger partial charge in [0.15, 0.2) is 0 Å². The lowest BCUT2D eigenvalue weighted by atomic mass is 10.0. The predicted octanol–water partition coefficient (Wildman–Crippen LogP) is 6.12. The maximum absolute atomic E-state index is 5.19. The van der Waals surface area contributed by atoms with Crippen LogP contribution in [-0.2, 0) is 12.8 Å². The summed E-state index contributed by atoms with van der Waals surface area (Å²) in [6.45, 7) is 0. The first kappa shape index (κ1) is 18.1. The van der Waals surface area contributed by atoms with Gasteiger partial charge in [0.2, 0.25) is 5.13 Å². The van der Waals surface area contributed by atoms with E-state index < -0.39 is 0 Å². The number of nitrogens with zero attached hydrogens (tertiary/aromatic N) is 2. The van der Waals surface area contributed by atoms with Crippen LogP contribution in [-0.4, -0.2) is 18.3 Å². The Labute approximate surface area is 155 Å². The summed E-state index contributed by atoms with van der Waals surface area (Å²) >= 11 is 1.78. The van der Waals surface area contributed by atoms with Crippen molar-refractivity contribution in [2.45, 2.75) is 64.2 Å². The van der Waals surface area contributed by atoms with Gasteiger partial charge in [-0.1, -0.05) is 49.9 Å². The van der Waals surface area contributed by atoms with Gasteiger partial charge in [0.1, 0.15) is 5.75 Å². The highest BCUT2D eigenvalue weighted by molar-refractivity contribution is 7.15. The summed E-state index contributed by atoms with van der Waals surface area (Å²) in [4.78, 5) is 10.9. The van der Waals surface area contributed by atoms with E-state index in [0.29, 0.717) is 0 Å². The van der Waals surface area contributed by atoms with Gasteiger partial charge in [0.05, 0.1) is 12.8 Å². The molecule has 25 heavy (non-hydrogen) atoms. The first-order chi connectivity index (χ1) is 12.3. The second kappa shape index (κ2) is 9.71. The van der Waals surface area contributed by atoms with Crippen molar-refractivity contribution >= 4 is 22.7 Å². The Morgan fingerprint density at radius 3 is 2.24 bits per heavy atom. The highest BCUT2D eigenvalue weighted by atomic mass is 32.1. The maximum Gasteiger partial charge on any atom is 0.209 e. The van der Waals surface area contributed by atoms with Gasteiger partial charge >= 0.3 is 0 Å². The molecule has 1 aliphatic rings. The molecule has 2 aromatic rings. The third-order valence-electron chi connectivity index (χ3n) is 4.77. The zero-order chi connectivity index (χ0) is 17.3. The van der Waals surface area contributed by atoms with E-state index in [1.54, 1.807) is 18.4 Å². The number of methoxy groups -OCH3 is 1. The number of benzene rings is 1. The molecule has 1 heterocycles. The second-order valence-electron chi connectivity index (χ2n) is 6.73. The summed E-state index contributed by atoms with van der Waals surface area (Å²) in [5.41, 5.74) is 2.37. The number of aliphatic imine (C=N–C) groups is 1. The molecule has 0 saturated heterocycles. The molecular formula is C21H28N2OS. The molecule has 1 aromatic heterocycles. The molecule has 0 N–H and O–H groups in total. The summed E-state index contributed by atoms with van der Waals surface area (Å²) < 4.78 is 5.19. The Morgan fingerprint density at radius 1 is 0.920 bits per heavy atom. The van der Waals surface area contributed by atoms with E-state index in [2.05, 4.69) is 4.99 Å². The molecule has 0 unspecified atom stereocenters. The molecule has 3 nitrogen and oxygen atoms in total. The third kappa shape index (κ3) is 5.67. The van der Waals surface area contributed by atoms with Crippen LogP contribution in [0.25, 0.3) is 0 Å². The highest BCUT2D eigenvalue weighted by Crippen LogP contribution is 2.29. The lowest BCUT2D eigenvalue weighted by molar-refractivity contribution is 0.415. The van der Waals surface area contributed by atoms with Crippen molar-refractivity contribution in [3.8, 4) is 5.75 Å². The van der Waals surface area contributed by atoms with Crippen LogP contribution in [0.2, 0.25) is 0 Å². The number of aryl methyl sites for hydroxylation is 2. The fraction of sp³-hybridized carbons (Fsp3) is 0.524. The Morgan fingerprint density at radius 2 is 1.56 bits per heavy atom. The summed E-state index contributed by atoms with van der Waals surface area (Å²) in [7, 11) is 1.68. The van der Waals surface area contributed by atoms with E-state index in [0.717, 1.165) is 22.9 Å². The lowest BCUT2D eigenvalue weighted by Crippen LogP contribution is -1.94. The average molecular weight is 357 g/mol. The fourth-order valence-electron chi connectivity index (χ4n) is 3.27. The number of ether oxygens (including phenoxy) is 1. The van der Waals surface area contributed by atoms with Crippen molar-refractivity contribution in [1.29, 1.82) is 0 Å². The summed E-state index contributed by atoms with van der Waals surface area (Å²) in [6, 6.07) is 7.96. The van der Waals surface area contributed by atoms with Gasteiger partial charge in [0.25, 0.3) is 0 Å². The van der Waals surface area contributed by atoms with E-state index in [9.17, 15) is 0 Å². The molecule has 0 saturated carbocycles. The molecule has 0 aliphatic heterocycles. The first-order valence-corrected chi connectivity index (χ1v) is 10.3. The normalized spacial score (nSPS) is 16.8. The van der Waals surface area contributed by atoms with Crippen molar-refractivity contribution in [2.75, 3.05) is 7.11 Å². The van der Waals surface area contributed by atoms with Gasteiger partial charge < -0.3 is 4.74 Å². The van der Waals surface area contributed by atoms with Crippen LogP contribution in [0.5, 0.6) is 5.75 Å². The smallest absolute Gasteiger partial charge is 0.209 e. The van der Waals surface area contributed by atoms with Crippen LogP contribution in [0.15, 0.2) is 29.3 Å². The van der Waals surface area contributed by atoms with Crippen LogP contribution in [0.3, 0.4) is 0 Å². The van der Waals surface area contributed by atoms with Crippen LogP contribution in [0, 0.1) is 0 Å². The van der Waals surface area contributed by atoms with Gasteiger partial charge in [-0.3, -0.25) is 0 Å². The van der Waals surface area contributed by atoms with Crippen LogP contribution >= 0.6 is 11.3 Å². The Balaban J connectivity index is 1.69. The molecule has 0 fully saturated rings. The average Bonchev–Trinajstić information content (AvgIpc) is 3.02. The zero-order valence-corrected chi connectivity index (χ0v) is 16.0. The number of thiazole rings is 1. The standard InChI is InChI=1S/C21H28N2OS/c1-24-18-14-12-17(13-15-18)16-22-21-23-19-10-8-6-4-2-3-5-7-9-11-20(19)25-21/h12-16H,2-11H2,1H3. The largest absolute Gasteiger partial charge is 0.497 e. The van der Waals surface area contributed by atoms with E-state index in [1.807, 2.05) is 30.5 Å². The van der Waals surface area contributed by atoms with E-state index in [4.69, 9.17) is 9.72 Å². The van der Waals surface area contributed by atoms with Crippen LogP contribution in [0.1, 0.15) is 67.5 Å². The monoisotopic (exact) mass is 356 g/mol. The van der Waals surface area contributed by atoms with Gasteiger partial charge in [-0.15, -0.1) is 0 Å². The Hall–Kier alpha value is -1.68. The summed E-state index contributed by atoms with van der Waals surface area (Å²) in [6.07, 6.45) is 15.0. The Bertz CT molecular complexity index is 646. The molecule has 1 aliphatic carbocycles. The molecule has 4 heteroatoms. The highest BCUT2D eigenvalue weighted by Gasteiger charge is 2.11. The van der Waals surface area contributed by atoms with Crippen molar-refractivity contribution in [3.05, 3.63) is 40.4 Å². The molecule has 1 aromatic carbocycles. The number of fused-ring (bicyclic) bond motifs is 1. The number of aromatic nitrogens is 1. The summed E-state index contributed by atoms with van der Waals surface area (Å²) in [5, 5.41) is 0.899. The van der Waals surface area contributed by atoms with Crippen molar-refractivity contribution in [1.82, 2.24) is 4.98 Å². The van der Waals surface area contributed by atoms with Gasteiger partial charge in [-0.2, -0.15) is 0 Å². The predicted molar refractivity (Wildman–Crippen MR) is 107 cm³/mol. The molecule has 0 bridgehead atoms. The van der Waals surface area contributed by atoms with Crippen LogP contribution in [0.4, 0.5) is 5.13 Å².